The Morgan fingerprint density at radius 1 is 1.48 bits per heavy atom. The zero-order valence-corrected chi connectivity index (χ0v) is 12.0. The number of hydrogen-bond donors (Lipinski definition) is 1. The van der Waals surface area contributed by atoms with E-state index < -0.39 is 12.8 Å². The molecule has 2 N–H and O–H groups in total. The molecule has 0 bridgehead atoms. The minimum atomic E-state index is -2.43. The molecule has 0 fully saturated rings. The standard InChI is InChI=1S/C12H10BrFN6O/c1-20-5-18-8(19-20)3-21-7-2-6(14)10(13)11-9(7)12(15)17-4-16-11/h2,4-5H,3H2,1H3,(H2,15,16,17)/i1D3. The first-order valence-corrected chi connectivity index (χ1v) is 6.48. The number of rotatable bonds is 3. The van der Waals surface area contributed by atoms with Gasteiger partial charge in [0.25, 0.3) is 0 Å². The third kappa shape index (κ3) is 2.51. The van der Waals surface area contributed by atoms with Crippen LogP contribution in [0.25, 0.3) is 10.9 Å². The lowest BCUT2D eigenvalue weighted by molar-refractivity contribution is 0.297. The van der Waals surface area contributed by atoms with Crippen LogP contribution in [0.3, 0.4) is 0 Å². The molecule has 0 aliphatic rings. The van der Waals surface area contributed by atoms with E-state index in [9.17, 15) is 4.39 Å². The van der Waals surface area contributed by atoms with Gasteiger partial charge < -0.3 is 10.5 Å². The van der Waals surface area contributed by atoms with Gasteiger partial charge in [0.2, 0.25) is 0 Å². The Morgan fingerprint density at radius 3 is 3.10 bits per heavy atom. The van der Waals surface area contributed by atoms with Crippen molar-refractivity contribution in [3.63, 3.8) is 0 Å². The Morgan fingerprint density at radius 2 is 2.33 bits per heavy atom. The zero-order valence-electron chi connectivity index (χ0n) is 13.4. The van der Waals surface area contributed by atoms with Crippen LogP contribution in [0.1, 0.15) is 9.94 Å². The Hall–Kier alpha value is -2.29. The lowest BCUT2D eigenvalue weighted by atomic mass is 10.2. The van der Waals surface area contributed by atoms with Crippen LogP contribution in [0, 0.1) is 5.82 Å². The van der Waals surface area contributed by atoms with Crippen LogP contribution in [0.5, 0.6) is 5.75 Å². The fourth-order valence-electron chi connectivity index (χ4n) is 1.79. The summed E-state index contributed by atoms with van der Waals surface area (Å²) in [5.74, 6) is -0.236. The first-order chi connectivity index (χ1) is 11.3. The molecular weight excluding hydrogens is 343 g/mol. The highest BCUT2D eigenvalue weighted by Crippen LogP contribution is 2.35. The normalized spacial score (nSPS) is 13.7. The van der Waals surface area contributed by atoms with Gasteiger partial charge in [-0.05, 0) is 15.9 Å². The third-order valence-corrected chi connectivity index (χ3v) is 3.45. The van der Waals surface area contributed by atoms with E-state index in [-0.39, 0.29) is 34.0 Å². The fourth-order valence-corrected chi connectivity index (χ4v) is 2.21. The first-order valence-electron chi connectivity index (χ1n) is 7.19. The lowest BCUT2D eigenvalue weighted by Gasteiger charge is -2.10. The number of halogens is 2. The maximum absolute atomic E-state index is 14.0. The Labute approximate surface area is 131 Å². The van der Waals surface area contributed by atoms with E-state index in [2.05, 4.69) is 36.0 Å². The highest BCUT2D eigenvalue weighted by atomic mass is 79.9. The molecule has 0 atom stereocenters. The van der Waals surface area contributed by atoms with Gasteiger partial charge in [0, 0.05) is 17.2 Å². The maximum Gasteiger partial charge on any atom is 0.188 e. The van der Waals surface area contributed by atoms with Crippen molar-refractivity contribution in [1.29, 1.82) is 0 Å². The molecule has 0 saturated heterocycles. The van der Waals surface area contributed by atoms with Crippen LogP contribution in [0.2, 0.25) is 0 Å². The van der Waals surface area contributed by atoms with Crippen molar-refractivity contribution in [1.82, 2.24) is 24.7 Å². The molecule has 0 aliphatic carbocycles. The third-order valence-electron chi connectivity index (χ3n) is 2.69. The summed E-state index contributed by atoms with van der Waals surface area (Å²) in [4.78, 5) is 11.7. The monoisotopic (exact) mass is 355 g/mol. The van der Waals surface area contributed by atoms with E-state index in [1.807, 2.05) is 0 Å². The number of anilines is 1. The molecule has 2 heterocycles. The minimum Gasteiger partial charge on any atom is -0.485 e. The van der Waals surface area contributed by atoms with Gasteiger partial charge in [-0.15, -0.1) is 0 Å². The Bertz CT molecular complexity index is 916. The van der Waals surface area contributed by atoms with Crippen LogP contribution in [-0.4, -0.2) is 24.7 Å². The van der Waals surface area contributed by atoms with E-state index in [4.69, 9.17) is 14.6 Å². The fraction of sp³-hybridized carbons (Fsp3) is 0.167. The van der Waals surface area contributed by atoms with Crippen molar-refractivity contribution in [3.05, 3.63) is 34.8 Å². The molecule has 108 valence electrons. The molecule has 3 rings (SSSR count). The van der Waals surface area contributed by atoms with Crippen molar-refractivity contribution < 1.29 is 13.2 Å². The molecule has 1 aromatic carbocycles. The number of fused-ring (bicyclic) bond motifs is 1. The van der Waals surface area contributed by atoms with Crippen molar-refractivity contribution in [2.45, 2.75) is 6.61 Å². The van der Waals surface area contributed by atoms with Gasteiger partial charge in [-0.2, -0.15) is 5.10 Å². The second-order valence-electron chi connectivity index (χ2n) is 4.05. The van der Waals surface area contributed by atoms with Crippen LogP contribution >= 0.6 is 15.9 Å². The molecule has 0 unspecified atom stereocenters. The van der Waals surface area contributed by atoms with Gasteiger partial charge in [-0.1, -0.05) is 0 Å². The largest absolute Gasteiger partial charge is 0.485 e. The number of hydrogen-bond acceptors (Lipinski definition) is 6. The molecule has 0 amide bonds. The van der Waals surface area contributed by atoms with Crippen molar-refractivity contribution in [3.8, 4) is 5.75 Å². The van der Waals surface area contributed by atoms with Crippen LogP contribution in [-0.2, 0) is 13.6 Å². The molecule has 3 aromatic rings. The lowest BCUT2D eigenvalue weighted by Crippen LogP contribution is -2.03. The SMILES string of the molecule is [2H]C([2H])([2H])n1cnc(COc2cc(F)c(Br)c3ncnc(N)c23)n1. The Balaban J connectivity index is 1.93. The second-order valence-corrected chi connectivity index (χ2v) is 4.84. The quantitative estimate of drug-likeness (QED) is 0.770. The molecule has 9 heteroatoms. The average Bonchev–Trinajstić information content (AvgIpc) is 2.99. The van der Waals surface area contributed by atoms with Gasteiger partial charge >= 0.3 is 0 Å². The average molecular weight is 356 g/mol. The topological polar surface area (TPSA) is 91.7 Å². The molecule has 0 aliphatic heterocycles. The molecule has 7 nitrogen and oxygen atoms in total. The van der Waals surface area contributed by atoms with Gasteiger partial charge in [0.1, 0.15) is 36.6 Å². The molecule has 0 spiro atoms. The van der Waals surface area contributed by atoms with Crippen molar-refractivity contribution in [2.75, 3.05) is 5.73 Å². The number of ether oxygens (including phenoxy) is 1. The van der Waals surface area contributed by atoms with E-state index >= 15 is 0 Å². The minimum absolute atomic E-state index is 0.106. The maximum atomic E-state index is 14.0. The number of nitrogens with zero attached hydrogens (tertiary/aromatic N) is 5. The number of nitrogen functional groups attached to an aromatic ring is 1. The molecular formula is C12H10BrFN6O. The van der Waals surface area contributed by atoms with E-state index in [0.29, 0.717) is 5.39 Å². The number of aromatic nitrogens is 5. The van der Waals surface area contributed by atoms with E-state index in [1.165, 1.54) is 6.33 Å². The summed E-state index contributed by atoms with van der Waals surface area (Å²) >= 11 is 3.10. The van der Waals surface area contributed by atoms with Gasteiger partial charge in [0.05, 0.1) is 15.4 Å². The summed E-state index contributed by atoms with van der Waals surface area (Å²) in [6.07, 6.45) is 2.29. The molecule has 2 aromatic heterocycles. The van der Waals surface area contributed by atoms with Crippen molar-refractivity contribution >= 4 is 32.7 Å². The second kappa shape index (κ2) is 5.24. The molecule has 0 saturated carbocycles. The highest BCUT2D eigenvalue weighted by molar-refractivity contribution is 9.10. The Kier molecular flexibility index (Phi) is 2.61. The summed E-state index contributed by atoms with van der Waals surface area (Å²) in [6, 6.07) is 1.13. The smallest absolute Gasteiger partial charge is 0.188 e. The number of nitrogens with two attached hydrogens (primary N) is 1. The summed E-state index contributed by atoms with van der Waals surface area (Å²) in [5.41, 5.74) is 6.08. The van der Waals surface area contributed by atoms with E-state index in [0.717, 1.165) is 17.1 Å². The zero-order chi connectivity index (χ0) is 17.5. The number of aryl methyl sites for hydroxylation is 1. The van der Waals surface area contributed by atoms with Gasteiger partial charge in [0.15, 0.2) is 5.82 Å². The molecule has 21 heavy (non-hydrogen) atoms. The van der Waals surface area contributed by atoms with Crippen LogP contribution in [0.4, 0.5) is 10.2 Å². The summed E-state index contributed by atoms with van der Waals surface area (Å²) < 4.78 is 42.1. The summed E-state index contributed by atoms with van der Waals surface area (Å²) in [5, 5.41) is 4.13. The predicted octanol–water partition coefficient (Wildman–Crippen LogP) is 1.82. The summed E-state index contributed by atoms with van der Waals surface area (Å²) in [7, 11) is 0. The van der Waals surface area contributed by atoms with Crippen LogP contribution < -0.4 is 10.5 Å². The first kappa shape index (κ1) is 10.4. The molecule has 0 radical (unpaired) electrons. The number of benzene rings is 1. The van der Waals surface area contributed by atoms with E-state index in [1.54, 1.807) is 0 Å². The predicted molar refractivity (Wildman–Crippen MR) is 76.9 cm³/mol. The van der Waals surface area contributed by atoms with Gasteiger partial charge in [-0.25, -0.2) is 19.3 Å². The summed E-state index contributed by atoms with van der Waals surface area (Å²) in [6.45, 7) is -2.60. The van der Waals surface area contributed by atoms with Crippen molar-refractivity contribution in [2.24, 2.45) is 6.98 Å². The van der Waals surface area contributed by atoms with Gasteiger partial charge in [-0.3, -0.25) is 4.68 Å². The highest BCUT2D eigenvalue weighted by Gasteiger charge is 2.16. The van der Waals surface area contributed by atoms with Crippen LogP contribution in [0.15, 0.2) is 23.2 Å².